The number of piperidine rings is 1. The van der Waals surface area contributed by atoms with E-state index in [1.807, 2.05) is 30.3 Å². The summed E-state index contributed by atoms with van der Waals surface area (Å²) in [5.41, 5.74) is 8.92. The van der Waals surface area contributed by atoms with Gasteiger partial charge in [0.05, 0.1) is 48.4 Å². The number of aromatic nitrogens is 6. The lowest BCUT2D eigenvalue weighted by Gasteiger charge is -2.31. The molecular weight excluding hydrogens is 875 g/mol. The lowest BCUT2D eigenvalue weighted by Crippen LogP contribution is -2.37. The minimum atomic E-state index is -1.07. The highest BCUT2D eigenvalue weighted by atomic mass is 16.5. The van der Waals surface area contributed by atoms with Gasteiger partial charge in [-0.3, -0.25) is 0 Å². The number of nitrogens with zero attached hydrogens (tertiary/aromatic N) is 8. The number of aromatic carboxylic acids is 2. The van der Waals surface area contributed by atoms with Crippen LogP contribution in [-0.4, -0.2) is 110 Å². The molecule has 0 unspecified atom stereocenters. The molecule has 10 heterocycles. The molecule has 6 bridgehead atoms. The number of allylic oxidation sites excluding steroid dienone is 1. The fourth-order valence-electron chi connectivity index (χ4n) is 8.36. The number of nitrogens with one attached hydrogen (secondary N) is 5. The molecular formula is C51H53N13O5. The van der Waals surface area contributed by atoms with E-state index in [1.54, 1.807) is 12.1 Å². The number of benzene rings is 2. The molecule has 14 rings (SSSR count). The highest BCUT2D eigenvalue weighted by molar-refractivity contribution is 5.89. The van der Waals surface area contributed by atoms with E-state index in [-0.39, 0.29) is 11.4 Å². The van der Waals surface area contributed by atoms with Gasteiger partial charge in [-0.15, -0.1) is 0 Å². The standard InChI is InChI=1S/C26H26N6O2.C25H27N7O3/c33-25(34)21-8-7-20(15-27-21)29-24-14-23-18-4-3-17(22(13-18)28-19-5-6-19)2-1-16-9-11-32(12-10-16)26(30-23)31-24;26-13-18-4-3-17(11-21(18)27-14-16-1-2-16)22-12-23(29-19-5-6-20(24(33)34)28-15-19)31-25(30-22)32-7-9-35-10-8-32/h1-4,7-8,13-16,19,28H,5-6,9-12H2,(H,33,34)(H,29,30,31);3-6,11-13,15-16,26-27H,1-2,7-10,14H2,(H,33,34)(H,29,30,31)/b2-1-;. The van der Waals surface area contributed by atoms with Crippen molar-refractivity contribution in [2.75, 3.05) is 77.0 Å². The van der Waals surface area contributed by atoms with Crippen LogP contribution in [0.3, 0.4) is 0 Å². The summed E-state index contributed by atoms with van der Waals surface area (Å²) in [6, 6.07) is 23.0. The molecule has 2 saturated carbocycles. The number of carbonyl (C=O) groups is 2. The quantitative estimate of drug-likeness (QED) is 0.0507. The largest absolute Gasteiger partial charge is 0.477 e. The summed E-state index contributed by atoms with van der Waals surface area (Å²) in [5, 5.41) is 39.7. The van der Waals surface area contributed by atoms with Crippen molar-refractivity contribution in [2.45, 2.75) is 44.6 Å². The summed E-state index contributed by atoms with van der Waals surface area (Å²) >= 11 is 0. The summed E-state index contributed by atoms with van der Waals surface area (Å²) in [6.07, 6.45) is 16.0. The monoisotopic (exact) mass is 927 g/mol. The Balaban J connectivity index is 0.000000160. The third-order valence-electron chi connectivity index (χ3n) is 12.7. The summed E-state index contributed by atoms with van der Waals surface area (Å²) in [5.74, 6) is 1.66. The first-order chi connectivity index (χ1) is 33.7. The van der Waals surface area contributed by atoms with E-state index in [2.05, 4.69) is 71.4 Å². The fraction of sp³-hybridized carbons (Fsp3) is 0.314. The molecule has 18 nitrogen and oxygen atoms in total. The Bertz CT molecular complexity index is 2870. The summed E-state index contributed by atoms with van der Waals surface area (Å²) in [6.45, 7) is 5.33. The first kappa shape index (κ1) is 44.8. The van der Waals surface area contributed by atoms with Crippen LogP contribution in [0.15, 0.2) is 91.3 Å². The second-order valence-electron chi connectivity index (χ2n) is 17.9. The molecule has 69 heavy (non-hydrogen) atoms. The van der Waals surface area contributed by atoms with Crippen molar-refractivity contribution >= 4 is 70.5 Å². The summed E-state index contributed by atoms with van der Waals surface area (Å²) in [7, 11) is 0. The maximum absolute atomic E-state index is 11.1. The van der Waals surface area contributed by atoms with Crippen LogP contribution in [-0.2, 0) is 4.74 Å². The first-order valence-electron chi connectivity index (χ1n) is 23.5. The SMILES string of the molecule is N=Cc1ccc(-c2cc(Nc3ccc(C(=O)O)nc3)nc(N3CCOCC3)n2)cc1NCC1CC1.O=C(O)c1ccc(Nc2cc3nc(n2)N2CCC(/C=C\c4ccc-3cc4NC3CC3)CC2)cn1. The van der Waals surface area contributed by atoms with Crippen LogP contribution in [0.5, 0.6) is 0 Å². The number of rotatable bonds is 14. The van der Waals surface area contributed by atoms with Crippen molar-refractivity contribution in [1.29, 1.82) is 5.41 Å². The molecule has 2 aromatic carbocycles. The van der Waals surface area contributed by atoms with Gasteiger partial charge in [-0.2, -0.15) is 9.97 Å². The van der Waals surface area contributed by atoms with Gasteiger partial charge in [0.25, 0.3) is 0 Å². The van der Waals surface area contributed by atoms with E-state index in [1.165, 1.54) is 62.0 Å². The van der Waals surface area contributed by atoms with Crippen LogP contribution in [0.2, 0.25) is 0 Å². The summed E-state index contributed by atoms with van der Waals surface area (Å²) < 4.78 is 5.49. The lowest BCUT2D eigenvalue weighted by atomic mass is 9.95. The zero-order chi connectivity index (χ0) is 47.3. The Morgan fingerprint density at radius 3 is 1.80 bits per heavy atom. The molecule has 0 atom stereocenters. The third-order valence-corrected chi connectivity index (χ3v) is 12.7. The lowest BCUT2D eigenvalue weighted by molar-refractivity contribution is 0.0680. The van der Waals surface area contributed by atoms with E-state index >= 15 is 0 Å². The molecule has 0 amide bonds. The maximum Gasteiger partial charge on any atom is 0.354 e. The second-order valence-corrected chi connectivity index (χ2v) is 17.9. The topological polar surface area (TPSA) is 240 Å². The molecule has 7 N–H and O–H groups in total. The second kappa shape index (κ2) is 20.1. The molecule has 6 aromatic rings. The first-order valence-corrected chi connectivity index (χ1v) is 23.5. The Morgan fingerprint density at radius 2 is 1.26 bits per heavy atom. The van der Waals surface area contributed by atoms with Gasteiger partial charge in [0, 0.05) is 85.2 Å². The number of carboxylic acid groups (broad SMARTS) is 2. The smallest absolute Gasteiger partial charge is 0.354 e. The van der Waals surface area contributed by atoms with Crippen LogP contribution in [0, 0.1) is 17.2 Å². The van der Waals surface area contributed by atoms with Crippen molar-refractivity contribution in [1.82, 2.24) is 29.9 Å². The van der Waals surface area contributed by atoms with E-state index in [0.717, 1.165) is 71.9 Å². The van der Waals surface area contributed by atoms with E-state index in [0.29, 0.717) is 79.1 Å². The average Bonchev–Trinajstić information content (AvgIpc) is 4.34. The molecule has 0 spiro atoms. The van der Waals surface area contributed by atoms with Gasteiger partial charge in [0.2, 0.25) is 11.9 Å². The van der Waals surface area contributed by atoms with Crippen LogP contribution < -0.4 is 31.1 Å². The third kappa shape index (κ3) is 11.2. The Morgan fingerprint density at radius 1 is 0.681 bits per heavy atom. The predicted octanol–water partition coefficient (Wildman–Crippen LogP) is 8.43. The molecule has 4 aromatic heterocycles. The fourth-order valence-corrected chi connectivity index (χ4v) is 8.36. The van der Waals surface area contributed by atoms with Gasteiger partial charge in [-0.25, -0.2) is 29.5 Å². The van der Waals surface area contributed by atoms with Gasteiger partial charge in [0.1, 0.15) is 23.0 Å². The van der Waals surface area contributed by atoms with E-state index in [9.17, 15) is 9.59 Å². The van der Waals surface area contributed by atoms with E-state index in [4.69, 9.17) is 40.3 Å². The molecule has 2 saturated heterocycles. The van der Waals surface area contributed by atoms with Crippen molar-refractivity contribution in [3.05, 3.63) is 114 Å². The molecule has 4 fully saturated rings. The minimum absolute atomic E-state index is 0.00685. The molecule has 0 radical (unpaired) electrons. The maximum atomic E-state index is 11.1. The average molecular weight is 928 g/mol. The molecule has 6 aliphatic heterocycles. The number of carboxylic acids is 2. The zero-order valence-electron chi connectivity index (χ0n) is 37.9. The molecule has 352 valence electrons. The zero-order valence-corrected chi connectivity index (χ0v) is 37.9. The molecule has 2 aliphatic carbocycles. The number of morpholine rings is 1. The van der Waals surface area contributed by atoms with Crippen LogP contribution in [0.1, 0.15) is 70.6 Å². The molecule has 18 heteroatoms. The number of pyridine rings is 2. The Labute approximate surface area is 398 Å². The van der Waals surface area contributed by atoms with Crippen molar-refractivity contribution < 1.29 is 24.5 Å². The number of hydrogen-bond donors (Lipinski definition) is 7. The number of hydrogen-bond acceptors (Lipinski definition) is 16. The Kier molecular flexibility index (Phi) is 13.0. The van der Waals surface area contributed by atoms with Gasteiger partial charge in [-0.05, 0) is 92.3 Å². The van der Waals surface area contributed by atoms with Gasteiger partial charge < -0.3 is 51.4 Å². The predicted molar refractivity (Wildman–Crippen MR) is 267 cm³/mol. The normalized spacial score (nSPS) is 16.8. The highest BCUT2D eigenvalue weighted by Gasteiger charge is 2.25. The van der Waals surface area contributed by atoms with Crippen LogP contribution in [0.4, 0.5) is 46.3 Å². The number of ether oxygens (including phenoxy) is 1. The van der Waals surface area contributed by atoms with Crippen molar-refractivity contribution in [3.8, 4) is 22.5 Å². The Hall–Kier alpha value is -7.99. The van der Waals surface area contributed by atoms with Gasteiger partial charge in [-0.1, -0.05) is 36.4 Å². The van der Waals surface area contributed by atoms with Crippen molar-refractivity contribution in [2.24, 2.45) is 11.8 Å². The van der Waals surface area contributed by atoms with Crippen LogP contribution >= 0.6 is 0 Å². The van der Waals surface area contributed by atoms with Crippen LogP contribution in [0.25, 0.3) is 28.6 Å². The van der Waals surface area contributed by atoms with E-state index < -0.39 is 11.9 Å². The number of anilines is 8. The minimum Gasteiger partial charge on any atom is -0.477 e. The van der Waals surface area contributed by atoms with Gasteiger partial charge in [0.15, 0.2) is 0 Å². The highest BCUT2D eigenvalue weighted by Crippen LogP contribution is 2.36. The summed E-state index contributed by atoms with van der Waals surface area (Å²) in [4.78, 5) is 53.9. The molecule has 8 aliphatic rings. The van der Waals surface area contributed by atoms with Crippen molar-refractivity contribution in [3.63, 3.8) is 0 Å². The van der Waals surface area contributed by atoms with Gasteiger partial charge >= 0.3 is 11.9 Å².